The van der Waals surface area contributed by atoms with Crippen LogP contribution in [0.2, 0.25) is 0 Å². The molecular formula is C16H18F2N4O5S. The van der Waals surface area contributed by atoms with Crippen LogP contribution in [0.3, 0.4) is 0 Å². The van der Waals surface area contributed by atoms with Crippen molar-refractivity contribution in [1.29, 1.82) is 0 Å². The number of aryl methyl sites for hydroxylation is 1. The summed E-state index contributed by atoms with van der Waals surface area (Å²) in [5.74, 6) is -0.931. The van der Waals surface area contributed by atoms with Crippen LogP contribution < -0.4 is 14.8 Å². The molecule has 9 nitrogen and oxygen atoms in total. The number of amides is 1. The van der Waals surface area contributed by atoms with Crippen molar-refractivity contribution >= 4 is 21.6 Å². The molecule has 0 saturated carbocycles. The molecule has 0 unspecified atom stereocenters. The zero-order valence-corrected chi connectivity index (χ0v) is 15.7. The third-order valence-electron chi connectivity index (χ3n) is 4.24. The monoisotopic (exact) mass is 416 g/mol. The Balaban J connectivity index is 1.99. The quantitative estimate of drug-likeness (QED) is 0.684. The standard InChI is InChI=1S/C16H18F2N4O5S/c1-8-11(7-23)21-28(25,26)12-6-22(2)13(14(12)27-8)16(24)20-9-3-4-19-10(5-9)15(17)18/h3-6,8,11,15,21,23H,7H2,1-2H3,(H,19,20,24)/t8-,11+/m0/s1. The number of halogens is 2. The van der Waals surface area contributed by atoms with Crippen LogP contribution >= 0.6 is 0 Å². The molecule has 2 atom stereocenters. The van der Waals surface area contributed by atoms with E-state index < -0.39 is 46.8 Å². The van der Waals surface area contributed by atoms with Gasteiger partial charge in [-0.15, -0.1) is 0 Å². The molecule has 0 aliphatic carbocycles. The van der Waals surface area contributed by atoms with Gasteiger partial charge in [0.1, 0.15) is 16.7 Å². The number of aliphatic hydroxyl groups is 1. The molecule has 0 fully saturated rings. The first-order chi connectivity index (χ1) is 13.1. The highest BCUT2D eigenvalue weighted by Crippen LogP contribution is 2.34. The second-order valence-electron chi connectivity index (χ2n) is 6.24. The van der Waals surface area contributed by atoms with E-state index in [2.05, 4.69) is 15.0 Å². The van der Waals surface area contributed by atoms with E-state index in [-0.39, 0.29) is 22.0 Å². The Kier molecular flexibility index (Phi) is 5.37. The lowest BCUT2D eigenvalue weighted by Crippen LogP contribution is -2.44. The summed E-state index contributed by atoms with van der Waals surface area (Å²) < 4.78 is 59.9. The smallest absolute Gasteiger partial charge is 0.280 e. The summed E-state index contributed by atoms with van der Waals surface area (Å²) >= 11 is 0. The van der Waals surface area contributed by atoms with Gasteiger partial charge in [0.2, 0.25) is 10.0 Å². The lowest BCUT2D eigenvalue weighted by molar-refractivity contribution is 0.0999. The average Bonchev–Trinajstić information content (AvgIpc) is 2.92. The molecule has 0 spiro atoms. The van der Waals surface area contributed by atoms with Crippen molar-refractivity contribution in [3.05, 3.63) is 35.9 Å². The highest BCUT2D eigenvalue weighted by molar-refractivity contribution is 7.89. The summed E-state index contributed by atoms with van der Waals surface area (Å²) in [5, 5.41) is 11.8. The Morgan fingerprint density at radius 2 is 2.21 bits per heavy atom. The molecule has 1 amide bonds. The first kappa shape index (κ1) is 20.2. The number of aromatic nitrogens is 2. The number of carbonyl (C=O) groups is 1. The minimum atomic E-state index is -4.04. The molecule has 0 aromatic carbocycles. The fourth-order valence-electron chi connectivity index (χ4n) is 2.79. The Bertz CT molecular complexity index is 1010. The van der Waals surface area contributed by atoms with Crippen LogP contribution in [0, 0.1) is 0 Å². The first-order valence-electron chi connectivity index (χ1n) is 8.18. The van der Waals surface area contributed by atoms with Crippen LogP contribution in [0.4, 0.5) is 14.5 Å². The van der Waals surface area contributed by atoms with E-state index in [4.69, 9.17) is 4.74 Å². The van der Waals surface area contributed by atoms with E-state index in [0.29, 0.717) is 0 Å². The van der Waals surface area contributed by atoms with Crippen LogP contribution in [-0.2, 0) is 17.1 Å². The Labute approximate surface area is 159 Å². The Morgan fingerprint density at radius 3 is 2.86 bits per heavy atom. The van der Waals surface area contributed by atoms with E-state index in [1.54, 1.807) is 6.92 Å². The lowest BCUT2D eigenvalue weighted by Gasteiger charge is -2.20. The van der Waals surface area contributed by atoms with Crippen LogP contribution in [0.15, 0.2) is 29.4 Å². The number of rotatable bonds is 4. The van der Waals surface area contributed by atoms with Gasteiger partial charge in [0, 0.05) is 25.1 Å². The number of pyridine rings is 1. The fourth-order valence-corrected chi connectivity index (χ4v) is 4.27. The second-order valence-corrected chi connectivity index (χ2v) is 7.92. The number of ether oxygens (including phenoxy) is 1. The van der Waals surface area contributed by atoms with Gasteiger partial charge in [-0.1, -0.05) is 0 Å². The van der Waals surface area contributed by atoms with Gasteiger partial charge in [0.25, 0.3) is 12.3 Å². The SMILES string of the molecule is C[C@@H]1Oc2c(cn(C)c2C(=O)Nc2ccnc(C(F)F)c2)S(=O)(=O)N[C@@H]1CO. The number of fused-ring (bicyclic) bond motifs is 1. The molecule has 28 heavy (non-hydrogen) atoms. The number of hydrogen-bond acceptors (Lipinski definition) is 6. The van der Waals surface area contributed by atoms with E-state index in [9.17, 15) is 27.1 Å². The van der Waals surface area contributed by atoms with Crippen LogP contribution in [-0.4, -0.2) is 47.7 Å². The molecule has 3 heterocycles. The molecule has 0 saturated heterocycles. The summed E-state index contributed by atoms with van der Waals surface area (Å²) in [6, 6.07) is 1.45. The Morgan fingerprint density at radius 1 is 1.50 bits per heavy atom. The van der Waals surface area contributed by atoms with E-state index in [0.717, 1.165) is 12.3 Å². The number of nitrogens with one attached hydrogen (secondary N) is 2. The van der Waals surface area contributed by atoms with Crippen molar-refractivity contribution in [2.24, 2.45) is 7.05 Å². The molecule has 2 aromatic heterocycles. The molecule has 1 aliphatic rings. The first-order valence-corrected chi connectivity index (χ1v) is 9.67. The summed E-state index contributed by atoms with van der Waals surface area (Å²) in [5.41, 5.74) is -0.548. The van der Waals surface area contributed by atoms with Crippen LogP contribution in [0.1, 0.15) is 29.5 Å². The molecule has 152 valence electrons. The topological polar surface area (TPSA) is 123 Å². The van der Waals surface area contributed by atoms with E-state index >= 15 is 0 Å². The minimum Gasteiger partial charge on any atom is -0.485 e. The number of hydrogen-bond donors (Lipinski definition) is 3. The summed E-state index contributed by atoms with van der Waals surface area (Å²) in [6.45, 7) is 1.05. The highest BCUT2D eigenvalue weighted by atomic mass is 32.2. The maximum absolute atomic E-state index is 12.8. The van der Waals surface area contributed by atoms with Crippen molar-refractivity contribution in [3.63, 3.8) is 0 Å². The van der Waals surface area contributed by atoms with E-state index in [1.807, 2.05) is 0 Å². The maximum Gasteiger partial charge on any atom is 0.280 e. The number of anilines is 1. The van der Waals surface area contributed by atoms with Crippen molar-refractivity contribution in [2.45, 2.75) is 30.4 Å². The minimum absolute atomic E-state index is 0.0705. The molecule has 3 N–H and O–H groups in total. The summed E-state index contributed by atoms with van der Waals surface area (Å²) in [4.78, 5) is 16.0. The maximum atomic E-state index is 12.8. The van der Waals surface area contributed by atoms with Gasteiger partial charge in [-0.25, -0.2) is 21.9 Å². The summed E-state index contributed by atoms with van der Waals surface area (Å²) in [6.07, 6.45) is -1.24. The summed E-state index contributed by atoms with van der Waals surface area (Å²) in [7, 11) is -2.59. The highest BCUT2D eigenvalue weighted by Gasteiger charge is 2.37. The van der Waals surface area contributed by atoms with Crippen molar-refractivity contribution in [2.75, 3.05) is 11.9 Å². The molecule has 3 rings (SSSR count). The van der Waals surface area contributed by atoms with Gasteiger partial charge < -0.3 is 19.7 Å². The predicted octanol–water partition coefficient (Wildman–Crippen LogP) is 1.03. The number of carbonyl (C=O) groups excluding carboxylic acids is 1. The van der Waals surface area contributed by atoms with Gasteiger partial charge >= 0.3 is 0 Å². The van der Waals surface area contributed by atoms with Gasteiger partial charge in [-0.2, -0.15) is 0 Å². The average molecular weight is 416 g/mol. The number of nitrogens with zero attached hydrogens (tertiary/aromatic N) is 2. The molecule has 2 aromatic rings. The van der Waals surface area contributed by atoms with Crippen molar-refractivity contribution < 1.29 is 31.8 Å². The van der Waals surface area contributed by atoms with Crippen LogP contribution in [0.5, 0.6) is 5.75 Å². The van der Waals surface area contributed by atoms with Gasteiger partial charge in [0.05, 0.1) is 12.6 Å². The third kappa shape index (κ3) is 3.70. The van der Waals surface area contributed by atoms with Gasteiger partial charge in [-0.05, 0) is 19.1 Å². The van der Waals surface area contributed by atoms with Crippen molar-refractivity contribution in [3.8, 4) is 5.75 Å². The second kappa shape index (κ2) is 7.45. The third-order valence-corrected chi connectivity index (χ3v) is 5.73. The number of sulfonamides is 1. The normalized spacial score (nSPS) is 20.9. The fraction of sp³-hybridized carbons (Fsp3) is 0.375. The van der Waals surface area contributed by atoms with Crippen molar-refractivity contribution in [1.82, 2.24) is 14.3 Å². The lowest BCUT2D eigenvalue weighted by atomic mass is 10.2. The molecule has 0 radical (unpaired) electrons. The predicted molar refractivity (Wildman–Crippen MR) is 93.8 cm³/mol. The largest absolute Gasteiger partial charge is 0.485 e. The number of alkyl halides is 2. The Hall–Kier alpha value is -2.57. The van der Waals surface area contributed by atoms with Gasteiger partial charge in [0.15, 0.2) is 11.4 Å². The van der Waals surface area contributed by atoms with E-state index in [1.165, 1.54) is 23.9 Å². The van der Waals surface area contributed by atoms with Gasteiger partial charge in [-0.3, -0.25) is 9.78 Å². The molecule has 1 aliphatic heterocycles. The zero-order valence-electron chi connectivity index (χ0n) is 14.9. The van der Waals surface area contributed by atoms with Crippen LogP contribution in [0.25, 0.3) is 0 Å². The number of aliphatic hydroxyl groups excluding tert-OH is 1. The molecule has 0 bridgehead atoms. The zero-order chi connectivity index (χ0) is 20.6. The molecular weight excluding hydrogens is 398 g/mol. The molecule has 12 heteroatoms.